The number of aromatic nitrogens is 1. The summed E-state index contributed by atoms with van der Waals surface area (Å²) in [4.78, 5) is 33.4. The molecule has 0 saturated carbocycles. The second-order valence-corrected chi connectivity index (χ2v) is 23.6. The summed E-state index contributed by atoms with van der Waals surface area (Å²) in [7, 11) is 0. The fraction of sp³-hybridized carbons (Fsp3) is 0.244. The van der Waals surface area contributed by atoms with E-state index in [0.717, 1.165) is 22.0 Å². The number of hydrogen-bond acceptors (Lipinski definition) is 5. The fourth-order valence-electron chi connectivity index (χ4n) is 6.55. The van der Waals surface area contributed by atoms with Crippen LogP contribution in [-0.4, -0.2) is 27.9 Å². The zero-order valence-corrected chi connectivity index (χ0v) is 31.4. The molecule has 0 aliphatic heterocycles. The van der Waals surface area contributed by atoms with Crippen molar-refractivity contribution in [1.29, 1.82) is 0 Å². The van der Waals surface area contributed by atoms with Crippen molar-refractivity contribution in [2.75, 3.05) is 0 Å². The third kappa shape index (κ3) is 7.61. The number of carbonyl (C=O) groups is 2. The van der Waals surface area contributed by atoms with Crippen molar-refractivity contribution >= 4 is 57.9 Å². The van der Waals surface area contributed by atoms with Crippen LogP contribution in [0.4, 0.5) is 0 Å². The molecule has 48 heavy (non-hydrogen) atoms. The zero-order valence-electron chi connectivity index (χ0n) is 28.0. The Balaban J connectivity index is 1.70. The number of carbonyl (C=O) groups excluding carboxylic acids is 2. The average molecular weight is 708 g/mol. The Morgan fingerprint density at radius 1 is 0.500 bits per heavy atom. The number of pyridine rings is 1. The predicted molar refractivity (Wildman–Crippen MR) is 211 cm³/mol. The van der Waals surface area contributed by atoms with E-state index in [2.05, 4.69) is 52.0 Å². The first-order chi connectivity index (χ1) is 23.1. The lowest BCUT2D eigenvalue weighted by molar-refractivity contribution is 0.0974. The molecule has 0 N–H and O–H groups in total. The molecule has 2 unspecified atom stereocenters. The van der Waals surface area contributed by atoms with Gasteiger partial charge >= 0.3 is 0 Å². The van der Waals surface area contributed by atoms with Crippen molar-refractivity contribution in [3.8, 4) is 0 Å². The minimum absolute atomic E-state index is 0.0472. The van der Waals surface area contributed by atoms with E-state index < -0.39 is 12.1 Å². The fourth-order valence-corrected chi connectivity index (χ4v) is 14.9. The second-order valence-electron chi connectivity index (χ2n) is 12.8. The molecule has 5 aromatic rings. The van der Waals surface area contributed by atoms with Crippen LogP contribution in [0.5, 0.6) is 0 Å². The van der Waals surface area contributed by atoms with Crippen molar-refractivity contribution in [1.82, 2.24) is 4.98 Å². The lowest BCUT2D eigenvalue weighted by atomic mass is 10.0. The SMILES string of the molecule is CC(C)P(=S)(c1ccccc1)[C@@H](CC(=O)c1ccccc1)c1cccc([C@H](CC(=O)c2ccccc2)P(=S)(c2ccccc2)C(C)C)n1. The molecule has 246 valence electrons. The lowest BCUT2D eigenvalue weighted by Gasteiger charge is -2.37. The van der Waals surface area contributed by atoms with E-state index in [4.69, 9.17) is 28.6 Å². The highest BCUT2D eigenvalue weighted by Crippen LogP contribution is 2.65. The molecule has 7 heteroatoms. The molecule has 4 atom stereocenters. The Kier molecular flexibility index (Phi) is 11.9. The van der Waals surface area contributed by atoms with Gasteiger partial charge in [-0.15, -0.1) is 0 Å². The van der Waals surface area contributed by atoms with Crippen LogP contribution >= 0.6 is 12.1 Å². The van der Waals surface area contributed by atoms with Gasteiger partial charge in [0.05, 0.1) is 0 Å². The molecule has 1 aromatic heterocycles. The van der Waals surface area contributed by atoms with Crippen molar-refractivity contribution in [2.45, 2.75) is 63.2 Å². The monoisotopic (exact) mass is 707 g/mol. The zero-order chi connectivity index (χ0) is 34.3. The Hall–Kier alpha value is -3.33. The summed E-state index contributed by atoms with van der Waals surface area (Å²) < 4.78 is 0. The first-order valence-electron chi connectivity index (χ1n) is 16.5. The first kappa shape index (κ1) is 36.0. The molecule has 0 aliphatic carbocycles. The maximum Gasteiger partial charge on any atom is 0.163 e. The van der Waals surface area contributed by atoms with Crippen molar-refractivity contribution in [2.24, 2.45) is 0 Å². The maximum absolute atomic E-state index is 14.0. The highest BCUT2D eigenvalue weighted by molar-refractivity contribution is 8.19. The van der Waals surface area contributed by atoms with Gasteiger partial charge in [-0.25, -0.2) is 0 Å². The Morgan fingerprint density at radius 3 is 1.12 bits per heavy atom. The number of ketones is 2. The smallest absolute Gasteiger partial charge is 0.163 e. The highest BCUT2D eigenvalue weighted by Gasteiger charge is 2.40. The van der Waals surface area contributed by atoms with E-state index in [9.17, 15) is 9.59 Å². The molecule has 0 fully saturated rings. The molecule has 5 rings (SSSR count). The van der Waals surface area contributed by atoms with Gasteiger partial charge in [0.2, 0.25) is 0 Å². The van der Waals surface area contributed by atoms with Crippen molar-refractivity contribution in [3.05, 3.63) is 162 Å². The second kappa shape index (κ2) is 15.9. The minimum atomic E-state index is -2.43. The summed E-state index contributed by atoms with van der Waals surface area (Å²) in [5.41, 5.74) is 2.57. The maximum atomic E-state index is 14.0. The molecule has 1 heterocycles. The van der Waals surface area contributed by atoms with E-state index in [1.165, 1.54) is 0 Å². The standard InChI is InChI=1S/C41H43NO2P2S2/c1-30(2)45(47,34-22-13-7-14-23-34)40(28-38(43)32-18-9-5-10-19-32)36-26-17-27-37(42-36)41(29-39(44)33-20-11-6-12-21-33)46(48,31(3)4)35-24-15-8-16-25-35/h5-27,30-31,40-41H,28-29H2,1-4H3/t40-,41-,45?,46?/m0/s1. The van der Waals surface area contributed by atoms with Crippen molar-refractivity contribution < 1.29 is 9.59 Å². The van der Waals surface area contributed by atoms with Crippen LogP contribution in [0.2, 0.25) is 0 Å². The van der Waals surface area contributed by atoms with Crippen LogP contribution in [0.3, 0.4) is 0 Å². The Labute approximate surface area is 296 Å². The Morgan fingerprint density at radius 2 is 0.812 bits per heavy atom. The number of Topliss-reactive ketones (excluding diaryl/α,β-unsaturated/α-hetero) is 2. The Bertz CT molecular complexity index is 1790. The molecule has 0 spiro atoms. The van der Waals surface area contributed by atoms with Gasteiger partial charge in [-0.1, -0.05) is 179 Å². The summed E-state index contributed by atoms with van der Waals surface area (Å²) in [5, 5.41) is 2.20. The largest absolute Gasteiger partial charge is 0.294 e. The summed E-state index contributed by atoms with van der Waals surface area (Å²) in [6, 6.07) is 40.7. The normalized spacial score (nSPS) is 15.3. The molecule has 0 aliphatic rings. The average Bonchev–Trinajstić information content (AvgIpc) is 3.13. The highest BCUT2D eigenvalue weighted by atomic mass is 32.4. The van der Waals surface area contributed by atoms with E-state index >= 15 is 0 Å². The summed E-state index contributed by atoms with van der Waals surface area (Å²) in [6.07, 6.45) is 0.491. The minimum Gasteiger partial charge on any atom is -0.294 e. The van der Waals surface area contributed by atoms with E-state index in [1.807, 2.05) is 115 Å². The van der Waals surface area contributed by atoms with Crippen molar-refractivity contribution in [3.63, 3.8) is 0 Å². The summed E-state index contributed by atoms with van der Waals surface area (Å²) in [5.74, 6) is 0.0944. The van der Waals surface area contributed by atoms with Gasteiger partial charge in [0.15, 0.2) is 11.6 Å². The topological polar surface area (TPSA) is 47.0 Å². The van der Waals surface area contributed by atoms with Crippen LogP contribution < -0.4 is 10.6 Å². The number of benzene rings is 4. The molecule has 0 bridgehead atoms. The van der Waals surface area contributed by atoms with Gasteiger partial charge in [-0.3, -0.25) is 14.6 Å². The third-order valence-electron chi connectivity index (χ3n) is 9.20. The van der Waals surface area contributed by atoms with Gasteiger partial charge in [0.1, 0.15) is 0 Å². The van der Waals surface area contributed by atoms with Crippen LogP contribution in [0, 0.1) is 0 Å². The van der Waals surface area contributed by atoms with Gasteiger partial charge in [-0.05, 0) is 46.1 Å². The van der Waals surface area contributed by atoms with E-state index in [1.54, 1.807) is 0 Å². The van der Waals surface area contributed by atoms with E-state index in [-0.39, 0.29) is 47.0 Å². The summed E-state index contributed by atoms with van der Waals surface area (Å²) in [6.45, 7) is 8.69. The number of nitrogens with zero attached hydrogens (tertiary/aromatic N) is 1. The lowest BCUT2D eigenvalue weighted by Crippen LogP contribution is -2.23. The molecule has 0 saturated heterocycles. The third-order valence-corrected chi connectivity index (χ3v) is 22.6. The molecular formula is C41H43NO2P2S2. The van der Waals surface area contributed by atoms with Crippen LogP contribution in [0.1, 0.15) is 84.0 Å². The van der Waals surface area contributed by atoms with Gasteiger partial charge in [0, 0.05) is 46.7 Å². The molecule has 3 nitrogen and oxygen atoms in total. The van der Waals surface area contributed by atoms with Gasteiger partial charge in [-0.2, -0.15) is 0 Å². The molecular weight excluding hydrogens is 665 g/mol. The van der Waals surface area contributed by atoms with Gasteiger partial charge in [0.25, 0.3) is 0 Å². The number of rotatable bonds is 14. The van der Waals surface area contributed by atoms with E-state index in [0.29, 0.717) is 11.1 Å². The van der Waals surface area contributed by atoms with Gasteiger partial charge < -0.3 is 0 Å². The summed E-state index contributed by atoms with van der Waals surface area (Å²) >= 11 is 13.5. The molecule has 0 radical (unpaired) electrons. The predicted octanol–water partition coefficient (Wildman–Crippen LogP) is 10.1. The van der Waals surface area contributed by atoms with Crippen LogP contribution in [-0.2, 0) is 23.6 Å². The first-order valence-corrected chi connectivity index (χ1v) is 22.4. The molecule has 4 aromatic carbocycles. The molecule has 0 amide bonds. The number of hydrogen-bond donors (Lipinski definition) is 0. The quantitative estimate of drug-likeness (QED) is 0.0850. The van der Waals surface area contributed by atoms with Crippen LogP contribution in [0.15, 0.2) is 140 Å². The van der Waals surface area contributed by atoms with Crippen LogP contribution in [0.25, 0.3) is 0 Å².